The quantitative estimate of drug-likeness (QED) is 0.535. The molecule has 0 bridgehead atoms. The first-order chi connectivity index (χ1) is 13.2. The molecule has 0 heterocycles. The highest BCUT2D eigenvalue weighted by Gasteiger charge is 2.77. The molecule has 0 saturated heterocycles. The van der Waals surface area contributed by atoms with Gasteiger partial charge >= 0.3 is 0 Å². The first-order valence-electron chi connectivity index (χ1n) is 12.9. The number of aliphatic hydroxyl groups is 1. The molecule has 1 N–H and O–H groups in total. The molecule has 0 aromatic rings. The fourth-order valence-electron chi connectivity index (χ4n) is 10.3. The smallest absolute Gasteiger partial charge is 0.0607 e. The molecule has 160 valence electrons. The number of hydrogen-bond donors (Lipinski definition) is 1. The average molecular weight is 387 g/mol. The Kier molecular flexibility index (Phi) is 4.60. The molecule has 0 amide bonds. The van der Waals surface area contributed by atoms with Crippen molar-refractivity contribution in [2.24, 2.45) is 57.7 Å². The van der Waals surface area contributed by atoms with E-state index < -0.39 is 0 Å². The fourth-order valence-corrected chi connectivity index (χ4v) is 10.3. The summed E-state index contributed by atoms with van der Waals surface area (Å²) in [4.78, 5) is 0. The molecule has 5 saturated carbocycles. The van der Waals surface area contributed by atoms with Gasteiger partial charge in [0.1, 0.15) is 0 Å². The van der Waals surface area contributed by atoms with E-state index in [1.165, 1.54) is 64.2 Å². The summed E-state index contributed by atoms with van der Waals surface area (Å²) >= 11 is 0. The zero-order valence-electron chi connectivity index (χ0n) is 19.3. The van der Waals surface area contributed by atoms with E-state index in [9.17, 15) is 5.11 Å². The molecule has 1 nitrogen and oxygen atoms in total. The van der Waals surface area contributed by atoms with Crippen LogP contribution in [0.2, 0.25) is 0 Å². The van der Waals surface area contributed by atoms with Crippen molar-refractivity contribution in [1.82, 2.24) is 0 Å². The number of aliphatic hydroxyl groups excluding tert-OH is 1. The average Bonchev–Trinajstić information content (AvgIpc) is 3.15. The van der Waals surface area contributed by atoms with Crippen molar-refractivity contribution in [2.75, 3.05) is 0 Å². The molecule has 1 unspecified atom stereocenters. The third-order valence-electron chi connectivity index (χ3n) is 11.8. The minimum atomic E-state index is 0.0103. The fraction of sp³-hybridized carbons (Fsp3) is 1.00. The number of fused-ring (bicyclic) bond motifs is 4. The highest BCUT2D eigenvalue weighted by molar-refractivity contribution is 5.25. The zero-order valence-corrected chi connectivity index (χ0v) is 19.3. The van der Waals surface area contributed by atoms with Crippen molar-refractivity contribution < 1.29 is 5.11 Å². The lowest BCUT2D eigenvalue weighted by molar-refractivity contribution is -0.152. The first-order valence-corrected chi connectivity index (χ1v) is 12.9. The molecule has 0 aromatic heterocycles. The van der Waals surface area contributed by atoms with Crippen LogP contribution < -0.4 is 0 Å². The van der Waals surface area contributed by atoms with E-state index in [1.54, 1.807) is 0 Å². The molecule has 0 aliphatic heterocycles. The van der Waals surface area contributed by atoms with Crippen molar-refractivity contribution >= 4 is 0 Å². The van der Waals surface area contributed by atoms with Crippen molar-refractivity contribution in [1.29, 1.82) is 0 Å². The van der Waals surface area contributed by atoms with Crippen LogP contribution in [0.3, 0.4) is 0 Å². The van der Waals surface area contributed by atoms with E-state index in [0.29, 0.717) is 16.2 Å². The zero-order chi connectivity index (χ0) is 19.9. The number of hydrogen-bond acceptors (Lipinski definition) is 1. The second kappa shape index (κ2) is 6.48. The third kappa shape index (κ3) is 2.47. The molecular weight excluding hydrogens is 340 g/mol. The van der Waals surface area contributed by atoms with E-state index in [4.69, 9.17) is 0 Å². The Labute approximate surface area is 174 Å². The molecule has 28 heavy (non-hydrogen) atoms. The van der Waals surface area contributed by atoms with E-state index in [-0.39, 0.29) is 6.10 Å². The van der Waals surface area contributed by atoms with Crippen LogP contribution in [0.5, 0.6) is 0 Å². The van der Waals surface area contributed by atoms with Crippen LogP contribution in [0.4, 0.5) is 0 Å². The maximum absolute atomic E-state index is 11.3. The SMILES string of the molecule is CC(C)CCC[C@@H](C)[C@H]1CC[C@H]2[C@@H]3C[C@@H](O)[C@]45C[C@H]4CCC5(C)[C@H]3CC[C@]12C. The van der Waals surface area contributed by atoms with Crippen molar-refractivity contribution in [2.45, 2.75) is 111 Å². The largest absolute Gasteiger partial charge is 0.393 e. The van der Waals surface area contributed by atoms with Crippen molar-refractivity contribution in [3.8, 4) is 0 Å². The predicted molar refractivity (Wildman–Crippen MR) is 117 cm³/mol. The normalized spacial score (nSPS) is 55.4. The summed E-state index contributed by atoms with van der Waals surface area (Å²) in [7, 11) is 0. The van der Waals surface area contributed by atoms with E-state index in [1.807, 2.05) is 0 Å². The summed E-state index contributed by atoms with van der Waals surface area (Å²) in [5.74, 6) is 6.17. The maximum atomic E-state index is 11.3. The van der Waals surface area contributed by atoms with Crippen LogP contribution >= 0.6 is 0 Å². The molecule has 1 spiro atoms. The molecule has 0 aromatic carbocycles. The highest BCUT2D eigenvalue weighted by atomic mass is 16.3. The lowest BCUT2D eigenvalue weighted by Crippen LogP contribution is -2.56. The molecule has 5 aliphatic rings. The van der Waals surface area contributed by atoms with Crippen LogP contribution in [-0.2, 0) is 0 Å². The molecule has 5 fully saturated rings. The Bertz CT molecular complexity index is 611. The van der Waals surface area contributed by atoms with Gasteiger partial charge in [-0.2, -0.15) is 0 Å². The molecule has 1 heteroatoms. The van der Waals surface area contributed by atoms with Gasteiger partial charge in [-0.1, -0.05) is 53.9 Å². The summed E-state index contributed by atoms with van der Waals surface area (Å²) in [5.41, 5.74) is 1.37. The summed E-state index contributed by atoms with van der Waals surface area (Å²) in [6.07, 6.45) is 15.4. The van der Waals surface area contributed by atoms with Crippen molar-refractivity contribution in [3.63, 3.8) is 0 Å². The number of rotatable bonds is 5. The van der Waals surface area contributed by atoms with Gasteiger partial charge in [-0.15, -0.1) is 0 Å². The monoisotopic (exact) mass is 386 g/mol. The van der Waals surface area contributed by atoms with Crippen LogP contribution in [0.1, 0.15) is 105 Å². The summed E-state index contributed by atoms with van der Waals surface area (Å²) in [6.45, 7) is 12.6. The highest BCUT2D eigenvalue weighted by Crippen LogP contribution is 2.81. The molecule has 5 aliphatic carbocycles. The molecular formula is C27H46O. The topological polar surface area (TPSA) is 20.2 Å². The van der Waals surface area contributed by atoms with Gasteiger partial charge in [-0.3, -0.25) is 0 Å². The summed E-state index contributed by atoms with van der Waals surface area (Å²) < 4.78 is 0. The van der Waals surface area contributed by atoms with Gasteiger partial charge < -0.3 is 5.11 Å². The Morgan fingerprint density at radius 3 is 2.43 bits per heavy atom. The first kappa shape index (κ1) is 19.9. The Balaban J connectivity index is 1.34. The van der Waals surface area contributed by atoms with Gasteiger partial charge in [0.15, 0.2) is 0 Å². The van der Waals surface area contributed by atoms with E-state index >= 15 is 0 Å². The van der Waals surface area contributed by atoms with Crippen molar-refractivity contribution in [3.05, 3.63) is 0 Å². The maximum Gasteiger partial charge on any atom is 0.0607 e. The van der Waals surface area contributed by atoms with Gasteiger partial charge in [0.05, 0.1) is 6.10 Å². The van der Waals surface area contributed by atoms with Crippen LogP contribution in [0.25, 0.3) is 0 Å². The predicted octanol–water partition coefficient (Wildman–Crippen LogP) is 7.08. The minimum absolute atomic E-state index is 0.0103. The Morgan fingerprint density at radius 1 is 0.929 bits per heavy atom. The third-order valence-corrected chi connectivity index (χ3v) is 11.8. The molecule has 5 rings (SSSR count). The molecule has 10 atom stereocenters. The second-order valence-corrected chi connectivity index (χ2v) is 13.1. The lowest BCUT2D eigenvalue weighted by atomic mass is 9.45. The minimum Gasteiger partial charge on any atom is -0.393 e. The standard InChI is InChI=1S/C27H46O/c1-17(2)7-6-8-18(3)21-9-10-22-20-15-24(28)27-16-19(27)11-14-26(27,5)23(20)12-13-25(21,22)4/h17-24,28H,6-16H2,1-5H3/t18-,19-,20+,21-,22+,23+,24-,25-,26?,27+/m1/s1. The van der Waals surface area contributed by atoms with Gasteiger partial charge in [-0.25, -0.2) is 0 Å². The Morgan fingerprint density at radius 2 is 1.71 bits per heavy atom. The summed E-state index contributed by atoms with van der Waals surface area (Å²) in [5, 5.41) is 11.3. The van der Waals surface area contributed by atoms with Crippen LogP contribution in [0.15, 0.2) is 0 Å². The second-order valence-electron chi connectivity index (χ2n) is 13.1. The summed E-state index contributed by atoms with van der Waals surface area (Å²) in [6, 6.07) is 0. The van der Waals surface area contributed by atoms with Crippen LogP contribution in [0, 0.1) is 57.7 Å². The molecule has 0 radical (unpaired) electrons. The van der Waals surface area contributed by atoms with Gasteiger partial charge in [0.25, 0.3) is 0 Å². The van der Waals surface area contributed by atoms with Crippen LogP contribution in [-0.4, -0.2) is 11.2 Å². The van der Waals surface area contributed by atoms with E-state index in [0.717, 1.165) is 47.8 Å². The Hall–Kier alpha value is -0.0400. The van der Waals surface area contributed by atoms with Gasteiger partial charge in [0, 0.05) is 5.41 Å². The lowest BCUT2D eigenvalue weighted by Gasteiger charge is -2.60. The van der Waals surface area contributed by atoms with E-state index in [2.05, 4.69) is 34.6 Å². The van der Waals surface area contributed by atoms with Gasteiger partial charge in [0.2, 0.25) is 0 Å². The van der Waals surface area contributed by atoms with Gasteiger partial charge in [-0.05, 0) is 104 Å².